The monoisotopic (exact) mass is 161 g/mol. The van der Waals surface area contributed by atoms with Crippen LogP contribution in [0.25, 0.3) is 0 Å². The molecule has 2 N–H and O–H groups in total. The van der Waals surface area contributed by atoms with Crippen LogP contribution in [0.3, 0.4) is 0 Å². The van der Waals surface area contributed by atoms with Crippen molar-refractivity contribution in [1.29, 1.82) is 0 Å². The van der Waals surface area contributed by atoms with Crippen molar-refractivity contribution in [3.8, 4) is 0 Å². The maximum Gasteiger partial charge on any atom is 0.102 e. The molecule has 0 aliphatic carbocycles. The van der Waals surface area contributed by atoms with Crippen molar-refractivity contribution in [3.05, 3.63) is 6.04 Å². The van der Waals surface area contributed by atoms with Crippen LogP contribution in [0.1, 0.15) is 6.92 Å². The molecule has 0 saturated heterocycles. The highest BCUT2D eigenvalue weighted by Crippen LogP contribution is 2.04. The molecule has 0 fully saturated rings. The highest BCUT2D eigenvalue weighted by molar-refractivity contribution is 4.83. The Morgan fingerprint density at radius 3 is 2.00 bits per heavy atom. The highest BCUT2D eigenvalue weighted by atomic mass is 16.3. The Kier molecular flexibility index (Phi) is 6.45. The van der Waals surface area contributed by atoms with E-state index >= 15 is 0 Å². The van der Waals surface area contributed by atoms with Crippen LogP contribution in [0.4, 0.5) is 0 Å². The van der Waals surface area contributed by atoms with Gasteiger partial charge in [0.15, 0.2) is 0 Å². The summed E-state index contributed by atoms with van der Waals surface area (Å²) in [4.78, 5) is 1.69. The van der Waals surface area contributed by atoms with Crippen LogP contribution in [0.5, 0.6) is 0 Å². The van der Waals surface area contributed by atoms with Gasteiger partial charge in [-0.25, -0.2) is 5.11 Å². The van der Waals surface area contributed by atoms with E-state index in [9.17, 15) is 5.11 Å². The fraction of sp³-hybridized carbons (Fsp3) is 0.857. The van der Waals surface area contributed by atoms with Crippen LogP contribution in [-0.4, -0.2) is 48.0 Å². The summed E-state index contributed by atoms with van der Waals surface area (Å²) in [6.07, 6.45) is 0. The first-order chi connectivity index (χ1) is 5.26. The van der Waals surface area contributed by atoms with Gasteiger partial charge in [-0.15, -0.1) is 0 Å². The first kappa shape index (κ1) is 10.8. The predicted molar refractivity (Wildman–Crippen MR) is 40.2 cm³/mol. The quantitative estimate of drug-likeness (QED) is 0.539. The van der Waals surface area contributed by atoms with Crippen molar-refractivity contribution in [1.82, 2.24) is 4.90 Å². The van der Waals surface area contributed by atoms with Gasteiger partial charge in [0, 0.05) is 13.1 Å². The van der Waals surface area contributed by atoms with Crippen LogP contribution in [0.2, 0.25) is 0 Å². The lowest BCUT2D eigenvalue weighted by Gasteiger charge is -2.24. The summed E-state index contributed by atoms with van der Waals surface area (Å²) in [7, 11) is 0. The average Bonchev–Trinajstić information content (AvgIpc) is 2.03. The zero-order valence-electron chi connectivity index (χ0n) is 6.79. The molecule has 0 amide bonds. The second-order valence-corrected chi connectivity index (χ2v) is 2.31. The zero-order chi connectivity index (χ0) is 8.69. The lowest BCUT2D eigenvalue weighted by molar-refractivity contribution is 0.115. The van der Waals surface area contributed by atoms with E-state index in [2.05, 4.69) is 0 Å². The van der Waals surface area contributed by atoms with Crippen molar-refractivity contribution in [3.63, 3.8) is 0 Å². The first-order valence-electron chi connectivity index (χ1n) is 3.63. The van der Waals surface area contributed by atoms with E-state index in [0.29, 0.717) is 19.1 Å². The van der Waals surface area contributed by atoms with Crippen LogP contribution in [0, 0.1) is 6.04 Å². The standard InChI is InChI=1S/C7H15NO3/c1-7(6-11)8(2-4-9)3-5-10/h9-10H,2-6H2,1H3. The highest BCUT2D eigenvalue weighted by Gasteiger charge is 2.12. The van der Waals surface area contributed by atoms with Gasteiger partial charge >= 0.3 is 0 Å². The molecule has 4 nitrogen and oxygen atoms in total. The van der Waals surface area contributed by atoms with E-state index in [1.165, 1.54) is 0 Å². The van der Waals surface area contributed by atoms with Gasteiger partial charge < -0.3 is 10.2 Å². The van der Waals surface area contributed by atoms with Crippen LogP contribution in [0.15, 0.2) is 0 Å². The third-order valence-corrected chi connectivity index (χ3v) is 1.49. The third kappa shape index (κ3) is 4.31. The van der Waals surface area contributed by atoms with Gasteiger partial charge in [0.05, 0.1) is 19.3 Å². The molecule has 0 aromatic rings. The minimum atomic E-state index is -0.278. The van der Waals surface area contributed by atoms with Crippen LogP contribution < -0.4 is 0 Å². The molecule has 0 aliphatic heterocycles. The molecule has 0 unspecified atom stereocenters. The zero-order valence-corrected chi connectivity index (χ0v) is 6.79. The summed E-state index contributed by atoms with van der Waals surface area (Å²) >= 11 is 0. The van der Waals surface area contributed by atoms with E-state index in [1.54, 1.807) is 11.8 Å². The number of nitrogens with zero attached hydrogens (tertiary/aromatic N) is 1. The molecule has 0 saturated carbocycles. The Balaban J connectivity index is 3.66. The minimum Gasteiger partial charge on any atom is -0.395 e. The lowest BCUT2D eigenvalue weighted by Crippen LogP contribution is -2.33. The summed E-state index contributed by atoms with van der Waals surface area (Å²) in [5, 5.41) is 27.5. The molecule has 0 bridgehead atoms. The van der Waals surface area contributed by atoms with Gasteiger partial charge in [0.2, 0.25) is 0 Å². The Morgan fingerprint density at radius 1 is 1.27 bits per heavy atom. The Bertz CT molecular complexity index is 83.8. The van der Waals surface area contributed by atoms with Gasteiger partial charge in [-0.3, -0.25) is 4.90 Å². The number of hydrogen-bond donors (Lipinski definition) is 2. The Labute approximate surface area is 67.1 Å². The predicted octanol–water partition coefficient (Wildman–Crippen LogP) is -0.745. The van der Waals surface area contributed by atoms with Crippen molar-refractivity contribution in [2.45, 2.75) is 6.92 Å². The molecule has 0 heterocycles. The third-order valence-electron chi connectivity index (χ3n) is 1.49. The number of aliphatic hydroxyl groups is 2. The number of hydrogen-bond acceptors (Lipinski definition) is 3. The van der Waals surface area contributed by atoms with Crippen molar-refractivity contribution >= 4 is 0 Å². The second-order valence-electron chi connectivity index (χ2n) is 2.31. The molecule has 11 heavy (non-hydrogen) atoms. The summed E-state index contributed by atoms with van der Waals surface area (Å²) < 4.78 is 0. The van der Waals surface area contributed by atoms with Gasteiger partial charge in [-0.05, 0) is 6.92 Å². The number of aliphatic hydroxyl groups excluding tert-OH is 2. The fourth-order valence-electron chi connectivity index (χ4n) is 0.826. The normalized spacial score (nSPS) is 11.5. The molecule has 4 heteroatoms. The molecule has 2 radical (unpaired) electrons. The Hall–Kier alpha value is -0.160. The molecule has 0 aromatic carbocycles. The molecule has 0 atom stereocenters. The minimum absolute atomic E-state index is 0.0112. The van der Waals surface area contributed by atoms with Gasteiger partial charge in [-0.1, -0.05) is 0 Å². The largest absolute Gasteiger partial charge is 0.395 e. The average molecular weight is 161 g/mol. The topological polar surface area (TPSA) is 63.6 Å². The van der Waals surface area contributed by atoms with Crippen molar-refractivity contribution in [2.24, 2.45) is 0 Å². The molecule has 0 aliphatic rings. The second kappa shape index (κ2) is 6.54. The van der Waals surface area contributed by atoms with Gasteiger partial charge in [0.1, 0.15) is 6.61 Å². The van der Waals surface area contributed by atoms with Crippen LogP contribution in [-0.2, 0) is 5.11 Å². The molecular formula is C7H15NO3. The van der Waals surface area contributed by atoms with Crippen molar-refractivity contribution < 1.29 is 15.3 Å². The molecule has 0 rings (SSSR count). The van der Waals surface area contributed by atoms with Gasteiger partial charge in [0.25, 0.3) is 0 Å². The smallest absolute Gasteiger partial charge is 0.102 e. The van der Waals surface area contributed by atoms with E-state index in [4.69, 9.17) is 10.2 Å². The molecular weight excluding hydrogens is 146 g/mol. The van der Waals surface area contributed by atoms with Gasteiger partial charge in [-0.2, -0.15) is 0 Å². The molecule has 66 valence electrons. The summed E-state index contributed by atoms with van der Waals surface area (Å²) in [6, 6.07) is 0.660. The SMILES string of the molecule is C[C](C[O])N(CCO)CCO. The Morgan fingerprint density at radius 2 is 1.73 bits per heavy atom. The lowest BCUT2D eigenvalue weighted by atomic mass is 10.3. The molecule has 0 aromatic heterocycles. The van der Waals surface area contributed by atoms with Crippen molar-refractivity contribution in [2.75, 3.05) is 32.9 Å². The maximum absolute atomic E-state index is 10.4. The summed E-state index contributed by atoms with van der Waals surface area (Å²) in [5.41, 5.74) is 0. The summed E-state index contributed by atoms with van der Waals surface area (Å²) in [5.74, 6) is 0. The molecule has 0 spiro atoms. The van der Waals surface area contributed by atoms with E-state index < -0.39 is 0 Å². The summed E-state index contributed by atoms with van der Waals surface area (Å²) in [6.45, 7) is 2.30. The van der Waals surface area contributed by atoms with Crippen LogP contribution >= 0.6 is 0 Å². The maximum atomic E-state index is 10.4. The van der Waals surface area contributed by atoms with E-state index in [1.807, 2.05) is 0 Å². The van der Waals surface area contributed by atoms with E-state index in [0.717, 1.165) is 0 Å². The first-order valence-corrected chi connectivity index (χ1v) is 3.63. The number of rotatable bonds is 6. The fourth-order valence-corrected chi connectivity index (χ4v) is 0.826. The van der Waals surface area contributed by atoms with E-state index in [-0.39, 0.29) is 19.8 Å².